The first-order valence-corrected chi connectivity index (χ1v) is 6.92. The summed E-state index contributed by atoms with van der Waals surface area (Å²) >= 11 is 0. The van der Waals surface area contributed by atoms with Crippen LogP contribution < -0.4 is 5.73 Å². The molecule has 2 N–H and O–H groups in total. The van der Waals surface area contributed by atoms with E-state index in [1.807, 2.05) is 11.8 Å². The van der Waals surface area contributed by atoms with Crippen LogP contribution >= 0.6 is 0 Å². The molecule has 1 aliphatic rings. The molecule has 106 valence electrons. The minimum absolute atomic E-state index is 0.00495. The highest BCUT2D eigenvalue weighted by Gasteiger charge is 2.19. The van der Waals surface area contributed by atoms with Gasteiger partial charge in [0.1, 0.15) is 0 Å². The molecule has 0 aromatic rings. The second kappa shape index (κ2) is 8.45. The van der Waals surface area contributed by atoms with Crippen LogP contribution in [0.4, 0.5) is 0 Å². The third-order valence-corrected chi connectivity index (χ3v) is 3.51. The number of nitrogens with two attached hydrogens (primary N) is 1. The standard InChI is InChI=1S/C13H27N3O2/c1-3-12(14)11-13(17)16-6-4-5-15(7-8-16)9-10-18-2/h12H,3-11,14H2,1-2H3. The van der Waals surface area contributed by atoms with E-state index in [0.29, 0.717) is 6.42 Å². The molecule has 0 bridgehead atoms. The lowest BCUT2D eigenvalue weighted by Gasteiger charge is -2.23. The van der Waals surface area contributed by atoms with E-state index in [-0.39, 0.29) is 11.9 Å². The van der Waals surface area contributed by atoms with Crippen molar-refractivity contribution in [2.24, 2.45) is 5.73 Å². The summed E-state index contributed by atoms with van der Waals surface area (Å²) in [7, 11) is 1.72. The van der Waals surface area contributed by atoms with E-state index in [0.717, 1.165) is 52.2 Å². The highest BCUT2D eigenvalue weighted by atomic mass is 16.5. The van der Waals surface area contributed by atoms with Crippen LogP contribution in [0.15, 0.2) is 0 Å². The van der Waals surface area contributed by atoms with Crippen LogP contribution in [0.5, 0.6) is 0 Å². The summed E-state index contributed by atoms with van der Waals surface area (Å²) in [6.07, 6.45) is 2.38. The van der Waals surface area contributed by atoms with E-state index in [4.69, 9.17) is 10.5 Å². The van der Waals surface area contributed by atoms with E-state index >= 15 is 0 Å². The Balaban J connectivity index is 2.34. The van der Waals surface area contributed by atoms with Crippen LogP contribution in [0.3, 0.4) is 0 Å². The number of carbonyl (C=O) groups is 1. The Morgan fingerprint density at radius 3 is 2.78 bits per heavy atom. The van der Waals surface area contributed by atoms with Crippen LogP contribution in [-0.4, -0.2) is 68.2 Å². The Hall–Kier alpha value is -0.650. The first-order chi connectivity index (χ1) is 8.67. The Morgan fingerprint density at radius 1 is 1.33 bits per heavy atom. The van der Waals surface area contributed by atoms with Crippen LogP contribution in [0.25, 0.3) is 0 Å². The fourth-order valence-corrected chi connectivity index (χ4v) is 2.16. The van der Waals surface area contributed by atoms with Crippen molar-refractivity contribution < 1.29 is 9.53 Å². The maximum atomic E-state index is 12.0. The van der Waals surface area contributed by atoms with Gasteiger partial charge in [-0.25, -0.2) is 0 Å². The Morgan fingerprint density at radius 2 is 2.11 bits per heavy atom. The van der Waals surface area contributed by atoms with Gasteiger partial charge in [-0.2, -0.15) is 0 Å². The number of amides is 1. The fourth-order valence-electron chi connectivity index (χ4n) is 2.16. The zero-order valence-corrected chi connectivity index (χ0v) is 11.7. The molecule has 18 heavy (non-hydrogen) atoms. The Labute approximate surface area is 110 Å². The summed E-state index contributed by atoms with van der Waals surface area (Å²) in [5, 5.41) is 0. The van der Waals surface area contributed by atoms with Gasteiger partial charge in [-0.3, -0.25) is 9.69 Å². The molecule has 0 radical (unpaired) electrons. The number of hydrogen-bond acceptors (Lipinski definition) is 4. The lowest BCUT2D eigenvalue weighted by molar-refractivity contribution is -0.131. The molecule has 1 aliphatic heterocycles. The minimum Gasteiger partial charge on any atom is -0.383 e. The van der Waals surface area contributed by atoms with Crippen molar-refractivity contribution in [3.8, 4) is 0 Å². The number of rotatable bonds is 6. The van der Waals surface area contributed by atoms with Gasteiger partial charge < -0.3 is 15.4 Å². The number of carbonyl (C=O) groups excluding carboxylic acids is 1. The van der Waals surface area contributed by atoms with Crippen molar-refractivity contribution in [3.63, 3.8) is 0 Å². The fraction of sp³-hybridized carbons (Fsp3) is 0.923. The topological polar surface area (TPSA) is 58.8 Å². The molecular weight excluding hydrogens is 230 g/mol. The van der Waals surface area contributed by atoms with Crippen molar-refractivity contribution in [2.45, 2.75) is 32.2 Å². The summed E-state index contributed by atoms with van der Waals surface area (Å²) < 4.78 is 5.09. The second-order valence-electron chi connectivity index (χ2n) is 4.94. The third kappa shape index (κ3) is 5.33. The maximum absolute atomic E-state index is 12.0. The average molecular weight is 257 g/mol. The quantitative estimate of drug-likeness (QED) is 0.743. The van der Waals surface area contributed by atoms with Gasteiger partial charge in [-0.15, -0.1) is 0 Å². The number of nitrogens with zero attached hydrogens (tertiary/aromatic N) is 2. The van der Waals surface area contributed by atoms with Crippen molar-refractivity contribution in [3.05, 3.63) is 0 Å². The molecular formula is C13H27N3O2. The van der Waals surface area contributed by atoms with Crippen LogP contribution in [-0.2, 0) is 9.53 Å². The molecule has 0 aliphatic carbocycles. The Bertz CT molecular complexity index is 248. The van der Waals surface area contributed by atoms with Gasteiger partial charge in [0.25, 0.3) is 0 Å². The summed E-state index contributed by atoms with van der Waals surface area (Å²) in [6.45, 7) is 7.40. The van der Waals surface area contributed by atoms with Gasteiger partial charge in [0.2, 0.25) is 5.91 Å². The second-order valence-corrected chi connectivity index (χ2v) is 4.94. The Kier molecular flexibility index (Phi) is 7.23. The first kappa shape index (κ1) is 15.4. The molecule has 1 atom stereocenters. The maximum Gasteiger partial charge on any atom is 0.224 e. The lowest BCUT2D eigenvalue weighted by Crippen LogP contribution is -2.38. The predicted molar refractivity (Wildman–Crippen MR) is 72.4 cm³/mol. The smallest absolute Gasteiger partial charge is 0.224 e. The molecule has 5 heteroatoms. The highest BCUT2D eigenvalue weighted by Crippen LogP contribution is 2.06. The molecule has 1 fully saturated rings. The minimum atomic E-state index is 0.00495. The van der Waals surface area contributed by atoms with Gasteiger partial charge in [0.15, 0.2) is 0 Å². The van der Waals surface area contributed by atoms with Crippen LogP contribution in [0.2, 0.25) is 0 Å². The molecule has 1 saturated heterocycles. The average Bonchev–Trinajstić information content (AvgIpc) is 2.61. The van der Waals surface area contributed by atoms with Gasteiger partial charge in [0, 0.05) is 45.8 Å². The summed E-state index contributed by atoms with van der Waals surface area (Å²) in [6, 6.07) is 0.00495. The summed E-state index contributed by atoms with van der Waals surface area (Å²) in [4.78, 5) is 16.4. The van der Waals surface area contributed by atoms with Crippen LogP contribution in [0.1, 0.15) is 26.2 Å². The normalized spacial score (nSPS) is 19.6. The van der Waals surface area contributed by atoms with E-state index in [9.17, 15) is 4.79 Å². The predicted octanol–water partition coefficient (Wildman–Crippen LogP) is 0.295. The summed E-state index contributed by atoms with van der Waals surface area (Å²) in [5.74, 6) is 0.206. The van der Waals surface area contributed by atoms with Gasteiger partial charge >= 0.3 is 0 Å². The molecule has 0 aromatic carbocycles. The largest absolute Gasteiger partial charge is 0.383 e. The molecule has 1 rings (SSSR count). The van der Waals surface area contributed by atoms with Crippen molar-refractivity contribution >= 4 is 5.91 Å². The lowest BCUT2D eigenvalue weighted by atomic mass is 10.1. The molecule has 0 saturated carbocycles. The van der Waals surface area contributed by atoms with Crippen molar-refractivity contribution in [2.75, 3.05) is 46.4 Å². The molecule has 0 aromatic heterocycles. The zero-order valence-electron chi connectivity index (χ0n) is 11.7. The first-order valence-electron chi connectivity index (χ1n) is 6.92. The molecule has 5 nitrogen and oxygen atoms in total. The molecule has 1 amide bonds. The number of hydrogen-bond donors (Lipinski definition) is 1. The van der Waals surface area contributed by atoms with Gasteiger partial charge in [-0.05, 0) is 19.4 Å². The van der Waals surface area contributed by atoms with Gasteiger partial charge in [-0.1, -0.05) is 6.92 Å². The highest BCUT2D eigenvalue weighted by molar-refractivity contribution is 5.76. The van der Waals surface area contributed by atoms with Gasteiger partial charge in [0.05, 0.1) is 6.61 Å². The molecule has 1 unspecified atom stereocenters. The van der Waals surface area contributed by atoms with Crippen molar-refractivity contribution in [1.82, 2.24) is 9.80 Å². The summed E-state index contributed by atoms with van der Waals surface area (Å²) in [5.41, 5.74) is 5.84. The number of methoxy groups -OCH3 is 1. The third-order valence-electron chi connectivity index (χ3n) is 3.51. The molecule has 0 spiro atoms. The van der Waals surface area contributed by atoms with E-state index < -0.39 is 0 Å². The SMILES string of the molecule is CCC(N)CC(=O)N1CCCN(CCOC)CC1. The monoisotopic (exact) mass is 257 g/mol. The van der Waals surface area contributed by atoms with E-state index in [1.54, 1.807) is 7.11 Å². The number of ether oxygens (including phenoxy) is 1. The molecule has 1 heterocycles. The zero-order chi connectivity index (χ0) is 13.4. The van der Waals surface area contributed by atoms with E-state index in [1.165, 1.54) is 0 Å². The van der Waals surface area contributed by atoms with E-state index in [2.05, 4.69) is 4.90 Å². The van der Waals surface area contributed by atoms with Crippen LogP contribution in [0, 0.1) is 0 Å². The van der Waals surface area contributed by atoms with Crippen molar-refractivity contribution in [1.29, 1.82) is 0 Å².